The lowest BCUT2D eigenvalue weighted by Crippen LogP contribution is -2.45. The van der Waals surface area contributed by atoms with Crippen molar-refractivity contribution in [1.82, 2.24) is 5.32 Å². The van der Waals surface area contributed by atoms with Crippen molar-refractivity contribution in [3.63, 3.8) is 0 Å². The Kier molecular flexibility index (Phi) is 25.5. The van der Waals surface area contributed by atoms with Crippen molar-refractivity contribution in [2.75, 3.05) is 6.61 Å². The molecular formula is C29H59NO3. The molecule has 3 N–H and O–H groups in total. The lowest BCUT2D eigenvalue weighted by atomic mass is 10.0. The minimum Gasteiger partial charge on any atom is -0.394 e. The summed E-state index contributed by atoms with van der Waals surface area (Å²) in [7, 11) is 0. The highest BCUT2D eigenvalue weighted by atomic mass is 16.3. The minimum absolute atomic E-state index is 0.0356. The molecule has 0 saturated carbocycles. The first-order chi connectivity index (χ1) is 16.2. The fourth-order valence-corrected chi connectivity index (χ4v) is 4.53. The van der Waals surface area contributed by atoms with E-state index in [0.29, 0.717) is 12.8 Å². The number of hydrogen-bond donors (Lipinski definition) is 3. The Labute approximate surface area is 206 Å². The maximum absolute atomic E-state index is 12.2. The van der Waals surface area contributed by atoms with Gasteiger partial charge in [0.2, 0.25) is 5.91 Å². The van der Waals surface area contributed by atoms with Gasteiger partial charge in [0, 0.05) is 6.42 Å². The third-order valence-corrected chi connectivity index (χ3v) is 6.87. The van der Waals surface area contributed by atoms with Crippen molar-refractivity contribution in [2.45, 2.75) is 174 Å². The molecule has 0 fully saturated rings. The number of carbonyl (C=O) groups excluding carboxylic acids is 1. The van der Waals surface area contributed by atoms with Gasteiger partial charge in [-0.1, -0.05) is 142 Å². The number of aliphatic hydroxyl groups excluding tert-OH is 2. The molecule has 198 valence electrons. The zero-order valence-corrected chi connectivity index (χ0v) is 22.4. The van der Waals surface area contributed by atoms with E-state index in [0.717, 1.165) is 25.7 Å². The van der Waals surface area contributed by atoms with E-state index < -0.39 is 12.1 Å². The SMILES string of the molecule is CCCCCCCCCCCCCCCCC(=O)NC(CO)C(O)CCCCCCCCC. The zero-order valence-electron chi connectivity index (χ0n) is 22.4. The fourth-order valence-electron chi connectivity index (χ4n) is 4.53. The van der Waals surface area contributed by atoms with Crippen LogP contribution in [0.25, 0.3) is 0 Å². The highest BCUT2D eigenvalue weighted by Crippen LogP contribution is 2.14. The van der Waals surface area contributed by atoms with Gasteiger partial charge >= 0.3 is 0 Å². The predicted octanol–water partition coefficient (Wildman–Crippen LogP) is 7.84. The van der Waals surface area contributed by atoms with Crippen LogP contribution >= 0.6 is 0 Å². The van der Waals surface area contributed by atoms with Gasteiger partial charge in [-0.2, -0.15) is 0 Å². The maximum atomic E-state index is 12.2. The van der Waals surface area contributed by atoms with Crippen LogP contribution in [0, 0.1) is 0 Å². The summed E-state index contributed by atoms with van der Waals surface area (Å²) in [6.45, 7) is 4.30. The maximum Gasteiger partial charge on any atom is 0.220 e. The molecule has 0 heterocycles. The molecule has 4 heteroatoms. The van der Waals surface area contributed by atoms with E-state index in [1.165, 1.54) is 109 Å². The van der Waals surface area contributed by atoms with Crippen molar-refractivity contribution in [1.29, 1.82) is 0 Å². The standard InChI is InChI=1S/C29H59NO3/c1-3-5-7-9-11-12-13-14-15-16-17-19-21-23-25-29(33)30-27(26-31)28(32)24-22-20-18-10-8-6-4-2/h27-28,31-32H,3-26H2,1-2H3,(H,30,33). The van der Waals surface area contributed by atoms with E-state index in [1.807, 2.05) is 0 Å². The van der Waals surface area contributed by atoms with Gasteiger partial charge in [0.05, 0.1) is 18.8 Å². The van der Waals surface area contributed by atoms with Crippen LogP contribution in [0.5, 0.6) is 0 Å². The van der Waals surface area contributed by atoms with Crippen molar-refractivity contribution < 1.29 is 15.0 Å². The topological polar surface area (TPSA) is 69.6 Å². The van der Waals surface area contributed by atoms with E-state index in [2.05, 4.69) is 19.2 Å². The van der Waals surface area contributed by atoms with E-state index in [4.69, 9.17) is 0 Å². The van der Waals surface area contributed by atoms with Crippen molar-refractivity contribution in [3.8, 4) is 0 Å². The summed E-state index contributed by atoms with van der Waals surface area (Å²) in [4.78, 5) is 12.2. The van der Waals surface area contributed by atoms with Gasteiger partial charge in [-0.15, -0.1) is 0 Å². The largest absolute Gasteiger partial charge is 0.394 e. The number of aliphatic hydroxyl groups is 2. The first kappa shape index (κ1) is 32.4. The zero-order chi connectivity index (χ0) is 24.4. The second kappa shape index (κ2) is 26.0. The Morgan fingerprint density at radius 1 is 0.606 bits per heavy atom. The number of unbranched alkanes of at least 4 members (excludes halogenated alkanes) is 19. The first-order valence-corrected chi connectivity index (χ1v) is 14.7. The fraction of sp³-hybridized carbons (Fsp3) is 0.966. The Hall–Kier alpha value is -0.610. The van der Waals surface area contributed by atoms with Crippen LogP contribution in [0.4, 0.5) is 0 Å². The molecule has 2 unspecified atom stereocenters. The lowest BCUT2D eigenvalue weighted by Gasteiger charge is -2.22. The molecule has 33 heavy (non-hydrogen) atoms. The van der Waals surface area contributed by atoms with Crippen molar-refractivity contribution in [2.24, 2.45) is 0 Å². The Bertz CT molecular complexity index is 402. The second-order valence-electron chi connectivity index (χ2n) is 10.2. The van der Waals surface area contributed by atoms with Crippen LogP contribution in [0.15, 0.2) is 0 Å². The van der Waals surface area contributed by atoms with Crippen LogP contribution < -0.4 is 5.32 Å². The van der Waals surface area contributed by atoms with Crippen LogP contribution in [0.3, 0.4) is 0 Å². The highest BCUT2D eigenvalue weighted by Gasteiger charge is 2.19. The van der Waals surface area contributed by atoms with Gasteiger partial charge in [0.1, 0.15) is 0 Å². The van der Waals surface area contributed by atoms with E-state index in [9.17, 15) is 15.0 Å². The molecular weight excluding hydrogens is 410 g/mol. The van der Waals surface area contributed by atoms with Crippen LogP contribution in [0.2, 0.25) is 0 Å². The molecule has 0 aromatic rings. The molecule has 0 aliphatic rings. The summed E-state index contributed by atoms with van der Waals surface area (Å²) in [5, 5.41) is 22.7. The minimum atomic E-state index is -0.647. The summed E-state index contributed by atoms with van der Waals surface area (Å²) in [5.41, 5.74) is 0. The van der Waals surface area contributed by atoms with E-state index >= 15 is 0 Å². The summed E-state index contributed by atoms with van der Waals surface area (Å²) >= 11 is 0. The quantitative estimate of drug-likeness (QED) is 0.113. The van der Waals surface area contributed by atoms with Gasteiger partial charge in [0.25, 0.3) is 0 Å². The van der Waals surface area contributed by atoms with Crippen LogP contribution in [-0.4, -0.2) is 34.9 Å². The third kappa shape index (κ3) is 22.9. The summed E-state index contributed by atoms with van der Waals surface area (Å²) in [5.74, 6) is -0.0356. The molecule has 0 aliphatic carbocycles. The molecule has 0 radical (unpaired) electrons. The average Bonchev–Trinajstić information content (AvgIpc) is 2.82. The number of rotatable bonds is 26. The number of carbonyl (C=O) groups is 1. The molecule has 0 aliphatic heterocycles. The summed E-state index contributed by atoms with van der Waals surface area (Å²) in [6.07, 6.45) is 27.2. The van der Waals surface area contributed by atoms with Gasteiger partial charge < -0.3 is 15.5 Å². The molecule has 2 atom stereocenters. The van der Waals surface area contributed by atoms with Gasteiger partial charge in [0.15, 0.2) is 0 Å². The van der Waals surface area contributed by atoms with Gasteiger partial charge in [-0.3, -0.25) is 4.79 Å². The molecule has 0 aromatic heterocycles. The number of nitrogens with one attached hydrogen (secondary N) is 1. The van der Waals surface area contributed by atoms with Crippen LogP contribution in [0.1, 0.15) is 162 Å². The average molecular weight is 470 g/mol. The van der Waals surface area contributed by atoms with E-state index in [-0.39, 0.29) is 12.5 Å². The molecule has 0 spiro atoms. The molecule has 4 nitrogen and oxygen atoms in total. The number of hydrogen-bond acceptors (Lipinski definition) is 3. The molecule has 0 saturated heterocycles. The van der Waals surface area contributed by atoms with Gasteiger partial charge in [-0.25, -0.2) is 0 Å². The summed E-state index contributed by atoms with van der Waals surface area (Å²) in [6, 6.07) is -0.524. The number of amides is 1. The Balaban J connectivity index is 3.55. The Morgan fingerprint density at radius 3 is 1.36 bits per heavy atom. The molecule has 0 rings (SSSR count). The Morgan fingerprint density at radius 2 is 0.970 bits per heavy atom. The van der Waals surface area contributed by atoms with Crippen LogP contribution in [-0.2, 0) is 4.79 Å². The van der Waals surface area contributed by atoms with Gasteiger partial charge in [-0.05, 0) is 12.8 Å². The normalized spacial score (nSPS) is 13.2. The third-order valence-electron chi connectivity index (χ3n) is 6.87. The monoisotopic (exact) mass is 469 g/mol. The highest BCUT2D eigenvalue weighted by molar-refractivity contribution is 5.76. The molecule has 0 bridgehead atoms. The summed E-state index contributed by atoms with van der Waals surface area (Å²) < 4.78 is 0. The first-order valence-electron chi connectivity index (χ1n) is 14.7. The smallest absolute Gasteiger partial charge is 0.220 e. The van der Waals surface area contributed by atoms with Crippen molar-refractivity contribution >= 4 is 5.91 Å². The predicted molar refractivity (Wildman–Crippen MR) is 143 cm³/mol. The van der Waals surface area contributed by atoms with E-state index in [1.54, 1.807) is 0 Å². The molecule has 0 aromatic carbocycles. The lowest BCUT2D eigenvalue weighted by molar-refractivity contribution is -0.123. The second-order valence-corrected chi connectivity index (χ2v) is 10.2. The molecule has 1 amide bonds. The van der Waals surface area contributed by atoms with Crippen molar-refractivity contribution in [3.05, 3.63) is 0 Å².